The molecule has 0 spiro atoms. The molecule has 86 valence electrons. The number of hydrogen-bond donors (Lipinski definition) is 1. The van der Waals surface area contributed by atoms with Gasteiger partial charge >= 0.3 is 0 Å². The summed E-state index contributed by atoms with van der Waals surface area (Å²) in [4.78, 5) is 0. The number of nitrogens with two attached hydrogens (primary N) is 1. The molecule has 0 aliphatic heterocycles. The second-order valence-electron chi connectivity index (χ2n) is 4.42. The second-order valence-corrected chi connectivity index (χ2v) is 4.78. The van der Waals surface area contributed by atoms with Gasteiger partial charge in [0.2, 0.25) is 0 Å². The molecular weight excluding hydrogens is 210 g/mol. The summed E-state index contributed by atoms with van der Waals surface area (Å²) < 4.78 is 1.72. The predicted molar refractivity (Wildman–Crippen MR) is 64.1 cm³/mol. The first-order valence-electron chi connectivity index (χ1n) is 5.37. The lowest BCUT2D eigenvalue weighted by atomic mass is 9.98. The molecule has 1 atom stereocenters. The van der Waals surface area contributed by atoms with E-state index < -0.39 is 0 Å². The molecule has 0 bridgehead atoms. The van der Waals surface area contributed by atoms with Crippen molar-refractivity contribution in [3.63, 3.8) is 0 Å². The third-order valence-corrected chi connectivity index (χ3v) is 3.33. The molecule has 0 saturated heterocycles. The molecule has 1 heterocycles. The van der Waals surface area contributed by atoms with Gasteiger partial charge in [-0.1, -0.05) is 25.4 Å². The van der Waals surface area contributed by atoms with Gasteiger partial charge in [-0.15, -0.1) is 0 Å². The van der Waals surface area contributed by atoms with E-state index in [1.165, 1.54) is 0 Å². The highest BCUT2D eigenvalue weighted by atomic mass is 35.5. The maximum Gasteiger partial charge on any atom is 0.130 e. The quantitative estimate of drug-likeness (QED) is 0.861. The van der Waals surface area contributed by atoms with Crippen molar-refractivity contribution in [2.24, 2.45) is 18.7 Å². The molecular formula is C11H20ClN3. The monoisotopic (exact) mass is 229 g/mol. The van der Waals surface area contributed by atoms with E-state index in [1.54, 1.807) is 4.68 Å². The standard InChI is InChI=1S/C11H20ClN3/c1-7(2)10(13)6-5-9-8(3)14-15(4)11(9)12/h7,10H,5-6,13H2,1-4H3. The largest absolute Gasteiger partial charge is 0.327 e. The van der Waals surface area contributed by atoms with Gasteiger partial charge in [0.15, 0.2) is 0 Å². The van der Waals surface area contributed by atoms with Crippen LogP contribution in [-0.2, 0) is 13.5 Å². The smallest absolute Gasteiger partial charge is 0.130 e. The zero-order valence-corrected chi connectivity index (χ0v) is 10.7. The van der Waals surface area contributed by atoms with Crippen molar-refractivity contribution < 1.29 is 0 Å². The Labute approximate surface area is 96.6 Å². The van der Waals surface area contributed by atoms with Crippen molar-refractivity contribution in [3.8, 4) is 0 Å². The van der Waals surface area contributed by atoms with Gasteiger partial charge in [0.1, 0.15) is 5.15 Å². The molecule has 1 unspecified atom stereocenters. The Hall–Kier alpha value is -0.540. The molecule has 1 rings (SSSR count). The lowest BCUT2D eigenvalue weighted by molar-refractivity contribution is 0.464. The summed E-state index contributed by atoms with van der Waals surface area (Å²) in [6.45, 7) is 6.27. The Morgan fingerprint density at radius 1 is 1.47 bits per heavy atom. The summed E-state index contributed by atoms with van der Waals surface area (Å²) in [6.07, 6.45) is 1.88. The van der Waals surface area contributed by atoms with Crippen LogP contribution in [0.3, 0.4) is 0 Å². The molecule has 3 nitrogen and oxygen atoms in total. The highest BCUT2D eigenvalue weighted by molar-refractivity contribution is 6.30. The third kappa shape index (κ3) is 2.95. The van der Waals surface area contributed by atoms with Gasteiger partial charge in [-0.3, -0.25) is 4.68 Å². The second kappa shape index (κ2) is 4.99. The Morgan fingerprint density at radius 3 is 2.47 bits per heavy atom. The van der Waals surface area contributed by atoms with Crippen LogP contribution in [0.5, 0.6) is 0 Å². The lowest BCUT2D eigenvalue weighted by Crippen LogP contribution is -2.26. The van der Waals surface area contributed by atoms with E-state index >= 15 is 0 Å². The fourth-order valence-corrected chi connectivity index (χ4v) is 1.87. The van der Waals surface area contributed by atoms with E-state index in [0.717, 1.165) is 29.3 Å². The maximum absolute atomic E-state index is 6.14. The highest BCUT2D eigenvalue weighted by Crippen LogP contribution is 2.21. The van der Waals surface area contributed by atoms with E-state index in [-0.39, 0.29) is 6.04 Å². The summed E-state index contributed by atoms with van der Waals surface area (Å²) in [7, 11) is 1.86. The summed E-state index contributed by atoms with van der Waals surface area (Å²) in [5.41, 5.74) is 8.15. The summed E-state index contributed by atoms with van der Waals surface area (Å²) >= 11 is 6.14. The van der Waals surface area contributed by atoms with Crippen LogP contribution in [-0.4, -0.2) is 15.8 Å². The summed E-state index contributed by atoms with van der Waals surface area (Å²) in [6, 6.07) is 0.237. The van der Waals surface area contributed by atoms with Gasteiger partial charge in [-0.2, -0.15) is 5.10 Å². The molecule has 0 fully saturated rings. The number of aromatic nitrogens is 2. The average molecular weight is 230 g/mol. The molecule has 1 aromatic heterocycles. The first-order valence-corrected chi connectivity index (χ1v) is 5.74. The molecule has 1 aromatic rings. The number of rotatable bonds is 4. The van der Waals surface area contributed by atoms with Gasteiger partial charge in [0, 0.05) is 18.7 Å². The average Bonchev–Trinajstić information content (AvgIpc) is 2.38. The topological polar surface area (TPSA) is 43.8 Å². The highest BCUT2D eigenvalue weighted by Gasteiger charge is 2.14. The normalized spacial score (nSPS) is 13.5. The Morgan fingerprint density at radius 2 is 2.07 bits per heavy atom. The SMILES string of the molecule is Cc1nn(C)c(Cl)c1CCC(N)C(C)C. The molecule has 4 heteroatoms. The van der Waals surface area contributed by atoms with E-state index in [0.29, 0.717) is 5.92 Å². The minimum Gasteiger partial charge on any atom is -0.327 e. The van der Waals surface area contributed by atoms with Crippen LogP contribution in [0, 0.1) is 12.8 Å². The van der Waals surface area contributed by atoms with Crippen LogP contribution >= 0.6 is 11.6 Å². The fourth-order valence-electron chi connectivity index (χ4n) is 1.60. The van der Waals surface area contributed by atoms with Crippen LogP contribution in [0.4, 0.5) is 0 Å². The van der Waals surface area contributed by atoms with Crippen molar-refractivity contribution in [2.75, 3.05) is 0 Å². The number of halogens is 1. The number of hydrogen-bond acceptors (Lipinski definition) is 2. The van der Waals surface area contributed by atoms with Crippen LogP contribution in [0.15, 0.2) is 0 Å². The van der Waals surface area contributed by atoms with Gasteiger partial charge < -0.3 is 5.73 Å². The van der Waals surface area contributed by atoms with Crippen molar-refractivity contribution in [1.29, 1.82) is 0 Å². The molecule has 15 heavy (non-hydrogen) atoms. The zero-order valence-electron chi connectivity index (χ0n) is 9.92. The zero-order chi connectivity index (χ0) is 11.6. The Bertz CT molecular complexity index is 331. The predicted octanol–water partition coefficient (Wildman–Crippen LogP) is 2.30. The molecule has 0 saturated carbocycles. The van der Waals surface area contributed by atoms with Crippen molar-refractivity contribution in [3.05, 3.63) is 16.4 Å². The minimum absolute atomic E-state index is 0.237. The molecule has 0 aliphatic rings. The molecule has 0 aromatic carbocycles. The lowest BCUT2D eigenvalue weighted by Gasteiger charge is -2.14. The third-order valence-electron chi connectivity index (χ3n) is 2.85. The van der Waals surface area contributed by atoms with E-state index in [2.05, 4.69) is 18.9 Å². The minimum atomic E-state index is 0.237. The molecule has 2 N–H and O–H groups in total. The van der Waals surface area contributed by atoms with Gasteiger partial charge in [0.05, 0.1) is 5.69 Å². The summed E-state index contributed by atoms with van der Waals surface area (Å²) in [5, 5.41) is 5.02. The van der Waals surface area contributed by atoms with E-state index in [9.17, 15) is 0 Å². The first-order chi connectivity index (χ1) is 6.93. The molecule has 0 amide bonds. The fraction of sp³-hybridized carbons (Fsp3) is 0.727. The Kier molecular flexibility index (Phi) is 4.17. The van der Waals surface area contributed by atoms with Crippen molar-refractivity contribution in [2.45, 2.75) is 39.7 Å². The van der Waals surface area contributed by atoms with Crippen molar-refractivity contribution in [1.82, 2.24) is 9.78 Å². The van der Waals surface area contributed by atoms with Crippen LogP contribution in [0.2, 0.25) is 5.15 Å². The van der Waals surface area contributed by atoms with E-state index in [4.69, 9.17) is 17.3 Å². The van der Waals surface area contributed by atoms with Crippen molar-refractivity contribution >= 4 is 11.6 Å². The van der Waals surface area contributed by atoms with Gasteiger partial charge in [-0.05, 0) is 25.7 Å². The Balaban J connectivity index is 2.65. The van der Waals surface area contributed by atoms with Crippen LogP contribution in [0.25, 0.3) is 0 Å². The molecule has 0 radical (unpaired) electrons. The number of aryl methyl sites for hydroxylation is 2. The number of nitrogens with zero attached hydrogens (tertiary/aromatic N) is 2. The van der Waals surface area contributed by atoms with E-state index in [1.807, 2.05) is 14.0 Å². The first kappa shape index (κ1) is 12.5. The van der Waals surface area contributed by atoms with Crippen LogP contribution in [0.1, 0.15) is 31.5 Å². The molecule has 0 aliphatic carbocycles. The van der Waals surface area contributed by atoms with Gasteiger partial charge in [0.25, 0.3) is 0 Å². The van der Waals surface area contributed by atoms with Crippen LogP contribution < -0.4 is 5.73 Å². The maximum atomic E-state index is 6.14. The van der Waals surface area contributed by atoms with Gasteiger partial charge in [-0.25, -0.2) is 0 Å². The summed E-state index contributed by atoms with van der Waals surface area (Å²) in [5.74, 6) is 0.515.